The van der Waals surface area contributed by atoms with E-state index in [-0.39, 0.29) is 24.9 Å². The van der Waals surface area contributed by atoms with E-state index in [9.17, 15) is 9.90 Å². The van der Waals surface area contributed by atoms with Crippen molar-refractivity contribution in [3.8, 4) is 0 Å². The van der Waals surface area contributed by atoms with Gasteiger partial charge in [0.05, 0.1) is 18.2 Å². The molecule has 0 bridgehead atoms. The molecule has 1 amide bonds. The van der Waals surface area contributed by atoms with Gasteiger partial charge in [-0.05, 0) is 44.0 Å². The van der Waals surface area contributed by atoms with Gasteiger partial charge in [0.2, 0.25) is 5.91 Å². The Balaban J connectivity index is 0.00000200. The van der Waals surface area contributed by atoms with Crippen molar-refractivity contribution in [2.24, 2.45) is 0 Å². The zero-order valence-electron chi connectivity index (χ0n) is 11.4. The number of hydrogen-bond donors (Lipinski definition) is 3. The first-order valence-corrected chi connectivity index (χ1v) is 6.85. The highest BCUT2D eigenvalue weighted by atomic mass is 35.5. The van der Waals surface area contributed by atoms with E-state index in [4.69, 9.17) is 11.6 Å². The van der Waals surface area contributed by atoms with E-state index in [1.54, 1.807) is 12.1 Å². The van der Waals surface area contributed by atoms with Gasteiger partial charge in [0.25, 0.3) is 0 Å². The molecular weight excluding hydrogens is 299 g/mol. The van der Waals surface area contributed by atoms with Crippen molar-refractivity contribution >= 4 is 29.9 Å². The lowest BCUT2D eigenvalue weighted by atomic mass is 9.98. The Kier molecular flexibility index (Phi) is 6.27. The molecule has 1 saturated heterocycles. The summed E-state index contributed by atoms with van der Waals surface area (Å²) < 4.78 is 0. The fourth-order valence-electron chi connectivity index (χ4n) is 2.34. The third-order valence-electron chi connectivity index (χ3n) is 3.63. The van der Waals surface area contributed by atoms with Crippen LogP contribution in [0, 0.1) is 0 Å². The Hall–Kier alpha value is -0.810. The van der Waals surface area contributed by atoms with Gasteiger partial charge in [0.1, 0.15) is 0 Å². The highest BCUT2D eigenvalue weighted by Crippen LogP contribution is 2.21. The number of rotatable bonds is 4. The number of carbonyl (C=O) groups is 1. The van der Waals surface area contributed by atoms with Gasteiger partial charge in [-0.3, -0.25) is 4.79 Å². The molecule has 0 aromatic heterocycles. The molecule has 2 rings (SSSR count). The smallest absolute Gasteiger partial charge is 0.240 e. The fourth-order valence-corrected chi connectivity index (χ4v) is 2.46. The summed E-state index contributed by atoms with van der Waals surface area (Å²) in [5.41, 5.74) is 0.321. The molecule has 2 atom stereocenters. The Morgan fingerprint density at radius 3 is 2.65 bits per heavy atom. The zero-order valence-corrected chi connectivity index (χ0v) is 12.9. The SMILES string of the molecule is CC1(C(=O)NC(CO)c2ccc(Cl)cc2)CCCN1.Cl. The largest absolute Gasteiger partial charge is 0.394 e. The molecule has 1 aliphatic rings. The molecule has 1 aliphatic heterocycles. The van der Waals surface area contributed by atoms with Crippen LogP contribution >= 0.6 is 24.0 Å². The van der Waals surface area contributed by atoms with Crippen LogP contribution in [0.1, 0.15) is 31.4 Å². The summed E-state index contributed by atoms with van der Waals surface area (Å²) in [5, 5.41) is 16.2. The van der Waals surface area contributed by atoms with E-state index in [1.807, 2.05) is 19.1 Å². The number of aliphatic hydroxyl groups is 1. The lowest BCUT2D eigenvalue weighted by Crippen LogP contribution is -2.52. The van der Waals surface area contributed by atoms with Crippen LogP contribution in [0.2, 0.25) is 5.02 Å². The summed E-state index contributed by atoms with van der Waals surface area (Å²) in [6.07, 6.45) is 1.81. The number of aliphatic hydroxyl groups excluding tert-OH is 1. The molecule has 6 heteroatoms. The van der Waals surface area contributed by atoms with Crippen molar-refractivity contribution < 1.29 is 9.90 Å². The van der Waals surface area contributed by atoms with Gasteiger partial charge in [-0.15, -0.1) is 12.4 Å². The molecule has 2 unspecified atom stereocenters. The van der Waals surface area contributed by atoms with E-state index in [0.717, 1.165) is 24.9 Å². The second-order valence-electron chi connectivity index (χ2n) is 5.12. The summed E-state index contributed by atoms with van der Waals surface area (Å²) >= 11 is 5.83. The van der Waals surface area contributed by atoms with Crippen molar-refractivity contribution in [2.75, 3.05) is 13.2 Å². The summed E-state index contributed by atoms with van der Waals surface area (Å²) in [7, 11) is 0. The fraction of sp³-hybridized carbons (Fsp3) is 0.500. The van der Waals surface area contributed by atoms with Crippen LogP contribution in [0.15, 0.2) is 24.3 Å². The van der Waals surface area contributed by atoms with Crippen LogP contribution in [0.5, 0.6) is 0 Å². The van der Waals surface area contributed by atoms with Gasteiger partial charge >= 0.3 is 0 Å². The Morgan fingerprint density at radius 1 is 1.50 bits per heavy atom. The second kappa shape index (κ2) is 7.27. The molecule has 1 aromatic rings. The van der Waals surface area contributed by atoms with Gasteiger partial charge in [0.15, 0.2) is 0 Å². The molecule has 4 nitrogen and oxygen atoms in total. The maximum absolute atomic E-state index is 12.3. The summed E-state index contributed by atoms with van der Waals surface area (Å²) in [5.74, 6) is -0.0704. The maximum Gasteiger partial charge on any atom is 0.240 e. The van der Waals surface area contributed by atoms with E-state index in [1.165, 1.54) is 0 Å². The predicted molar refractivity (Wildman–Crippen MR) is 82.3 cm³/mol. The standard InChI is InChI=1S/C14H19ClN2O2.ClH/c1-14(7-2-8-16-14)13(19)17-12(9-18)10-3-5-11(15)6-4-10;/h3-6,12,16,18H,2,7-9H2,1H3,(H,17,19);1H. The van der Waals surface area contributed by atoms with Gasteiger partial charge < -0.3 is 15.7 Å². The first kappa shape index (κ1) is 17.2. The predicted octanol–water partition coefficient (Wildman–Crippen LogP) is 2.05. The highest BCUT2D eigenvalue weighted by Gasteiger charge is 2.36. The minimum Gasteiger partial charge on any atom is -0.394 e. The molecule has 0 aliphatic carbocycles. The molecular formula is C14H20Cl2N2O2. The van der Waals surface area contributed by atoms with E-state index in [0.29, 0.717) is 5.02 Å². The van der Waals surface area contributed by atoms with E-state index < -0.39 is 11.6 Å². The third-order valence-corrected chi connectivity index (χ3v) is 3.88. The Morgan fingerprint density at radius 2 is 2.15 bits per heavy atom. The molecule has 20 heavy (non-hydrogen) atoms. The summed E-state index contributed by atoms with van der Waals surface area (Å²) in [4.78, 5) is 12.3. The molecule has 0 spiro atoms. The van der Waals surface area contributed by atoms with Crippen LogP contribution in [0.3, 0.4) is 0 Å². The van der Waals surface area contributed by atoms with Gasteiger partial charge in [-0.2, -0.15) is 0 Å². The normalized spacial score (nSPS) is 22.9. The van der Waals surface area contributed by atoms with Crippen LogP contribution in [0.25, 0.3) is 0 Å². The second-order valence-corrected chi connectivity index (χ2v) is 5.56. The number of carbonyl (C=O) groups excluding carboxylic acids is 1. The number of nitrogens with one attached hydrogen (secondary N) is 2. The molecule has 1 heterocycles. The van der Waals surface area contributed by atoms with Crippen molar-refractivity contribution in [2.45, 2.75) is 31.3 Å². The number of amides is 1. The molecule has 1 aromatic carbocycles. The van der Waals surface area contributed by atoms with Crippen molar-refractivity contribution in [3.63, 3.8) is 0 Å². The number of halogens is 2. The summed E-state index contributed by atoms with van der Waals surface area (Å²) in [6.45, 7) is 2.61. The number of benzene rings is 1. The number of hydrogen-bond acceptors (Lipinski definition) is 3. The molecule has 112 valence electrons. The Bertz CT molecular complexity index is 445. The van der Waals surface area contributed by atoms with Crippen LogP contribution in [0.4, 0.5) is 0 Å². The molecule has 3 N–H and O–H groups in total. The van der Waals surface area contributed by atoms with Gasteiger partial charge in [-0.25, -0.2) is 0 Å². The average Bonchev–Trinajstić information content (AvgIpc) is 2.85. The first-order chi connectivity index (χ1) is 9.05. The monoisotopic (exact) mass is 318 g/mol. The average molecular weight is 319 g/mol. The molecule has 0 radical (unpaired) electrons. The topological polar surface area (TPSA) is 61.4 Å². The van der Waals surface area contributed by atoms with Crippen LogP contribution in [-0.2, 0) is 4.79 Å². The first-order valence-electron chi connectivity index (χ1n) is 6.47. The minimum atomic E-state index is -0.528. The lowest BCUT2D eigenvalue weighted by Gasteiger charge is -2.26. The van der Waals surface area contributed by atoms with Gasteiger partial charge in [-0.1, -0.05) is 23.7 Å². The Labute approximate surface area is 130 Å². The lowest BCUT2D eigenvalue weighted by molar-refractivity contribution is -0.127. The summed E-state index contributed by atoms with van der Waals surface area (Å²) in [6, 6.07) is 6.73. The van der Waals surface area contributed by atoms with Crippen molar-refractivity contribution in [1.29, 1.82) is 0 Å². The third kappa shape index (κ3) is 3.85. The van der Waals surface area contributed by atoms with E-state index in [2.05, 4.69) is 10.6 Å². The van der Waals surface area contributed by atoms with Crippen molar-refractivity contribution in [3.05, 3.63) is 34.9 Å². The minimum absolute atomic E-state index is 0. The van der Waals surface area contributed by atoms with Crippen LogP contribution < -0.4 is 10.6 Å². The molecule has 1 fully saturated rings. The van der Waals surface area contributed by atoms with Crippen LogP contribution in [-0.4, -0.2) is 29.7 Å². The van der Waals surface area contributed by atoms with Gasteiger partial charge in [0, 0.05) is 5.02 Å². The highest BCUT2D eigenvalue weighted by molar-refractivity contribution is 6.30. The van der Waals surface area contributed by atoms with E-state index >= 15 is 0 Å². The zero-order chi connectivity index (χ0) is 13.9. The quantitative estimate of drug-likeness (QED) is 0.796. The molecule has 0 saturated carbocycles. The maximum atomic E-state index is 12.3. The van der Waals surface area contributed by atoms with Crippen molar-refractivity contribution in [1.82, 2.24) is 10.6 Å².